The lowest BCUT2D eigenvalue weighted by Gasteiger charge is -2.21. The Labute approximate surface area is 126 Å². The fourth-order valence-corrected chi connectivity index (χ4v) is 2.93. The molecule has 22 heavy (non-hydrogen) atoms. The minimum atomic E-state index is -1.04. The van der Waals surface area contributed by atoms with E-state index in [1.807, 2.05) is 0 Å². The number of amides is 1. The Balaban J connectivity index is 1.75. The van der Waals surface area contributed by atoms with Crippen molar-refractivity contribution in [3.8, 4) is 0 Å². The Bertz CT molecular complexity index is 664. The molecular formula is C16H15NO5. The normalized spacial score (nSPS) is 28.6. The molecule has 1 fully saturated rings. The standard InChI is InChI=1S/C16H15NO5/c1-8(18)9-2-4-10(5-3-9)17-15(19)13-11-6-7-12(22-11)14(13)16(20)21/h2-7,11-14H,1H3,(H,17,19)(H,20,21)/t11-,12+,13+,14-/m0/s1. The molecule has 0 saturated carbocycles. The number of carboxylic acids is 1. The van der Waals surface area contributed by atoms with Crippen LogP contribution in [0.2, 0.25) is 0 Å². The predicted octanol–water partition coefficient (Wildman–Crippen LogP) is 1.48. The Kier molecular flexibility index (Phi) is 3.54. The summed E-state index contributed by atoms with van der Waals surface area (Å²) < 4.78 is 5.47. The number of carbonyl (C=O) groups excluding carboxylic acids is 2. The van der Waals surface area contributed by atoms with Gasteiger partial charge >= 0.3 is 5.97 Å². The van der Waals surface area contributed by atoms with Crippen LogP contribution in [0.25, 0.3) is 0 Å². The number of Topliss-reactive ketones (excluding diaryl/α,β-unsaturated/α-hetero) is 1. The molecule has 1 aromatic carbocycles. The van der Waals surface area contributed by atoms with Gasteiger partial charge in [-0.05, 0) is 31.2 Å². The molecule has 6 heteroatoms. The Morgan fingerprint density at radius 1 is 1.05 bits per heavy atom. The fourth-order valence-electron chi connectivity index (χ4n) is 2.93. The zero-order valence-electron chi connectivity index (χ0n) is 11.9. The maximum absolute atomic E-state index is 12.4. The zero-order valence-corrected chi connectivity index (χ0v) is 11.9. The molecule has 2 aliphatic heterocycles. The summed E-state index contributed by atoms with van der Waals surface area (Å²) in [5.74, 6) is -3.11. The van der Waals surface area contributed by atoms with E-state index in [0.29, 0.717) is 11.3 Å². The number of anilines is 1. The van der Waals surface area contributed by atoms with E-state index in [4.69, 9.17) is 4.74 Å². The Morgan fingerprint density at radius 2 is 1.64 bits per heavy atom. The number of carboxylic acid groups (broad SMARTS) is 1. The fraction of sp³-hybridized carbons (Fsp3) is 0.312. The molecule has 0 unspecified atom stereocenters. The molecule has 0 spiro atoms. The summed E-state index contributed by atoms with van der Waals surface area (Å²) in [6, 6.07) is 6.47. The second-order valence-electron chi connectivity index (χ2n) is 5.46. The first-order chi connectivity index (χ1) is 10.5. The van der Waals surface area contributed by atoms with Gasteiger partial charge in [-0.1, -0.05) is 12.2 Å². The summed E-state index contributed by atoms with van der Waals surface area (Å²) in [6.45, 7) is 1.46. The van der Waals surface area contributed by atoms with Crippen LogP contribution in [0.15, 0.2) is 36.4 Å². The lowest BCUT2D eigenvalue weighted by molar-refractivity contribution is -0.145. The summed E-state index contributed by atoms with van der Waals surface area (Å²) in [7, 11) is 0. The summed E-state index contributed by atoms with van der Waals surface area (Å²) in [6.07, 6.45) is 2.38. The molecule has 4 atom stereocenters. The van der Waals surface area contributed by atoms with Crippen LogP contribution in [-0.4, -0.2) is 35.0 Å². The molecule has 0 aromatic heterocycles. The maximum atomic E-state index is 12.4. The quantitative estimate of drug-likeness (QED) is 0.649. The highest BCUT2D eigenvalue weighted by Crippen LogP contribution is 2.39. The van der Waals surface area contributed by atoms with Gasteiger partial charge in [0.05, 0.1) is 18.1 Å². The number of rotatable bonds is 4. The van der Waals surface area contributed by atoms with E-state index in [1.54, 1.807) is 36.4 Å². The number of benzene rings is 1. The van der Waals surface area contributed by atoms with E-state index < -0.39 is 30.0 Å². The number of fused-ring (bicyclic) bond motifs is 2. The van der Waals surface area contributed by atoms with Crippen molar-refractivity contribution in [3.63, 3.8) is 0 Å². The number of hydrogen-bond donors (Lipinski definition) is 2. The van der Waals surface area contributed by atoms with Crippen LogP contribution in [-0.2, 0) is 14.3 Å². The number of carbonyl (C=O) groups is 3. The number of nitrogens with one attached hydrogen (secondary N) is 1. The third-order valence-electron chi connectivity index (χ3n) is 4.05. The van der Waals surface area contributed by atoms with E-state index in [1.165, 1.54) is 6.92 Å². The number of ketones is 1. The summed E-state index contributed by atoms with van der Waals surface area (Å²) >= 11 is 0. The summed E-state index contributed by atoms with van der Waals surface area (Å²) in [4.78, 5) is 34.9. The predicted molar refractivity (Wildman–Crippen MR) is 77.5 cm³/mol. The second kappa shape index (κ2) is 5.38. The van der Waals surface area contributed by atoms with Crippen LogP contribution >= 0.6 is 0 Å². The first-order valence-corrected chi connectivity index (χ1v) is 6.96. The summed E-state index contributed by atoms with van der Waals surface area (Å²) in [5.41, 5.74) is 1.07. The Hall–Kier alpha value is -2.47. The lowest BCUT2D eigenvalue weighted by atomic mass is 9.82. The molecule has 2 aliphatic rings. The number of hydrogen-bond acceptors (Lipinski definition) is 4. The van der Waals surface area contributed by atoms with Gasteiger partial charge in [0.25, 0.3) is 0 Å². The third kappa shape index (κ3) is 2.42. The molecule has 114 valence electrons. The van der Waals surface area contributed by atoms with E-state index >= 15 is 0 Å². The van der Waals surface area contributed by atoms with Crippen molar-refractivity contribution in [3.05, 3.63) is 42.0 Å². The molecule has 0 aliphatic carbocycles. The average Bonchev–Trinajstić information content (AvgIpc) is 3.08. The topological polar surface area (TPSA) is 92.7 Å². The van der Waals surface area contributed by atoms with E-state index in [2.05, 4.69) is 5.32 Å². The number of ether oxygens (including phenoxy) is 1. The third-order valence-corrected chi connectivity index (χ3v) is 4.05. The van der Waals surface area contributed by atoms with Crippen LogP contribution in [0.4, 0.5) is 5.69 Å². The van der Waals surface area contributed by atoms with Crippen molar-refractivity contribution in [2.75, 3.05) is 5.32 Å². The van der Waals surface area contributed by atoms with Crippen molar-refractivity contribution in [2.24, 2.45) is 11.8 Å². The van der Waals surface area contributed by atoms with Crippen molar-refractivity contribution in [1.82, 2.24) is 0 Å². The van der Waals surface area contributed by atoms with Gasteiger partial charge in [-0.2, -0.15) is 0 Å². The highest BCUT2D eigenvalue weighted by Gasteiger charge is 2.53. The minimum Gasteiger partial charge on any atom is -0.481 e. The molecule has 2 heterocycles. The van der Waals surface area contributed by atoms with Gasteiger partial charge in [-0.15, -0.1) is 0 Å². The van der Waals surface area contributed by atoms with Crippen molar-refractivity contribution in [1.29, 1.82) is 0 Å². The van der Waals surface area contributed by atoms with Crippen LogP contribution < -0.4 is 5.32 Å². The van der Waals surface area contributed by atoms with Gasteiger partial charge < -0.3 is 15.2 Å². The minimum absolute atomic E-state index is 0.0598. The second-order valence-corrected chi connectivity index (χ2v) is 5.46. The van der Waals surface area contributed by atoms with E-state index in [0.717, 1.165) is 0 Å². The van der Waals surface area contributed by atoms with Gasteiger partial charge in [-0.25, -0.2) is 0 Å². The smallest absolute Gasteiger partial charge is 0.310 e. The van der Waals surface area contributed by atoms with Crippen LogP contribution in [0.5, 0.6) is 0 Å². The van der Waals surface area contributed by atoms with Crippen molar-refractivity contribution < 1.29 is 24.2 Å². The first kappa shape index (κ1) is 14.5. The van der Waals surface area contributed by atoms with Gasteiger partial charge in [0.15, 0.2) is 5.78 Å². The van der Waals surface area contributed by atoms with Crippen molar-refractivity contribution >= 4 is 23.3 Å². The van der Waals surface area contributed by atoms with Gasteiger partial charge in [0, 0.05) is 11.3 Å². The first-order valence-electron chi connectivity index (χ1n) is 6.96. The highest BCUT2D eigenvalue weighted by molar-refractivity contribution is 5.98. The number of aliphatic carboxylic acids is 1. The molecule has 0 radical (unpaired) electrons. The van der Waals surface area contributed by atoms with Gasteiger partial charge in [-0.3, -0.25) is 14.4 Å². The SMILES string of the molecule is CC(=O)c1ccc(NC(=O)[C@H]2[C@@H](C(=O)O)[C@H]3C=C[C@@H]2O3)cc1. The van der Waals surface area contributed by atoms with E-state index in [-0.39, 0.29) is 11.7 Å². The monoisotopic (exact) mass is 301 g/mol. The molecule has 1 amide bonds. The molecule has 6 nitrogen and oxygen atoms in total. The van der Waals surface area contributed by atoms with Crippen LogP contribution in [0.1, 0.15) is 17.3 Å². The zero-order chi connectivity index (χ0) is 15.9. The van der Waals surface area contributed by atoms with Crippen LogP contribution in [0, 0.1) is 11.8 Å². The van der Waals surface area contributed by atoms with E-state index in [9.17, 15) is 19.5 Å². The van der Waals surface area contributed by atoms with Gasteiger partial charge in [0.2, 0.25) is 5.91 Å². The maximum Gasteiger partial charge on any atom is 0.310 e. The Morgan fingerprint density at radius 3 is 2.18 bits per heavy atom. The molecule has 3 rings (SSSR count). The summed E-state index contributed by atoms with van der Waals surface area (Å²) in [5, 5.41) is 12.0. The molecule has 1 saturated heterocycles. The molecule has 2 bridgehead atoms. The average molecular weight is 301 g/mol. The van der Waals surface area contributed by atoms with Gasteiger partial charge in [0.1, 0.15) is 5.92 Å². The molecular weight excluding hydrogens is 286 g/mol. The molecule has 2 N–H and O–H groups in total. The highest BCUT2D eigenvalue weighted by atomic mass is 16.5. The molecule has 1 aromatic rings. The van der Waals surface area contributed by atoms with Crippen LogP contribution in [0.3, 0.4) is 0 Å². The van der Waals surface area contributed by atoms with Crippen molar-refractivity contribution in [2.45, 2.75) is 19.1 Å². The lowest BCUT2D eigenvalue weighted by Crippen LogP contribution is -2.39. The largest absolute Gasteiger partial charge is 0.481 e.